The highest BCUT2D eigenvalue weighted by atomic mass is 32.2. The molecule has 3 aromatic rings. The summed E-state index contributed by atoms with van der Waals surface area (Å²) in [7, 11) is -2.77. The van der Waals surface area contributed by atoms with Gasteiger partial charge in [0.25, 0.3) is 5.91 Å². The third kappa shape index (κ3) is 6.62. The minimum Gasteiger partial charge on any atom is -0.487 e. The van der Waals surface area contributed by atoms with Crippen molar-refractivity contribution >= 4 is 27.2 Å². The van der Waals surface area contributed by atoms with E-state index in [2.05, 4.69) is 42.6 Å². The largest absolute Gasteiger partial charge is 0.487 e. The number of hydrogen-bond donors (Lipinski definition) is 2. The van der Waals surface area contributed by atoms with Crippen molar-refractivity contribution in [2.75, 3.05) is 5.32 Å². The van der Waals surface area contributed by atoms with Crippen molar-refractivity contribution in [1.29, 1.82) is 0 Å². The van der Waals surface area contributed by atoms with Crippen LogP contribution in [0.4, 0.5) is 5.69 Å². The number of fused-ring (bicyclic) bond motifs is 1. The number of anilines is 1. The monoisotopic (exact) mass is 516 g/mol. The molecule has 2 atom stereocenters. The number of ether oxygens (including phenoxy) is 1. The third-order valence-corrected chi connectivity index (χ3v) is 8.12. The molecule has 1 aliphatic rings. The van der Waals surface area contributed by atoms with Crippen LogP contribution in [0.2, 0.25) is 0 Å². The summed E-state index contributed by atoms with van der Waals surface area (Å²) < 4.78 is 23.2. The van der Waals surface area contributed by atoms with Crippen LogP contribution in [0, 0.1) is 12.8 Å². The Bertz CT molecular complexity index is 1370. The lowest BCUT2D eigenvalue weighted by molar-refractivity contribution is 0.0703. The van der Waals surface area contributed by atoms with Crippen LogP contribution in [-0.4, -0.2) is 21.6 Å². The van der Waals surface area contributed by atoms with E-state index in [1.807, 2.05) is 74.5 Å². The molecule has 2 N–H and O–H groups in total. The molecule has 5 nitrogen and oxygen atoms in total. The first-order valence-corrected chi connectivity index (χ1v) is 14.1. The zero-order valence-electron chi connectivity index (χ0n) is 22.0. The van der Waals surface area contributed by atoms with Gasteiger partial charge in [0.2, 0.25) is 0 Å². The van der Waals surface area contributed by atoms with Crippen molar-refractivity contribution in [1.82, 2.24) is 4.72 Å². The fourth-order valence-corrected chi connectivity index (χ4v) is 5.87. The summed E-state index contributed by atoms with van der Waals surface area (Å²) in [6.07, 6.45) is 10.3. The zero-order valence-corrected chi connectivity index (χ0v) is 22.9. The summed E-state index contributed by atoms with van der Waals surface area (Å²) in [5.41, 5.74) is 3.93. The number of benzene rings is 3. The molecule has 6 heteroatoms. The summed E-state index contributed by atoms with van der Waals surface area (Å²) >= 11 is 0. The Hall–Kier alpha value is -3.53. The number of amides is 1. The Balaban J connectivity index is 0.00000186. The number of carbonyl (C=O) groups is 1. The normalized spacial score (nSPS) is 17.2. The van der Waals surface area contributed by atoms with Gasteiger partial charge in [-0.3, -0.25) is 4.79 Å². The Kier molecular flexibility index (Phi) is 8.85. The zero-order chi connectivity index (χ0) is 27.2. The standard InChI is InChI=1S/C29H34N2O3S.C2H2/c1-6-20-12-15-23(16-13-20)35(5,33)31-26-19-29(3,4)34-27-17-14-22(18-24(26)27)28(32)30-25-11-9-8-10-21(25)7-2;1-2/h8-18,26H,5-7,19H2,1-4H3,(H,30,32)(H,31,33);1-2H/t26-,35?;/m0./s1. The molecular formula is C31H36N2O3S. The second-order valence-electron chi connectivity index (χ2n) is 9.63. The number of rotatable bonds is 7. The maximum absolute atomic E-state index is 13.7. The SMILES string of the molecule is C#C.C=S(=O)(N[C@H]1CC(C)(C)Oc2ccc(C(=O)Nc3ccccc3CC)cc21)c1ccc(CC)cc1. The van der Waals surface area contributed by atoms with Gasteiger partial charge in [-0.1, -0.05) is 44.2 Å². The molecule has 194 valence electrons. The van der Waals surface area contributed by atoms with Gasteiger partial charge in [-0.25, -0.2) is 8.93 Å². The minimum atomic E-state index is -2.77. The lowest BCUT2D eigenvalue weighted by Gasteiger charge is -2.38. The average Bonchev–Trinajstić information content (AvgIpc) is 2.89. The second-order valence-corrected chi connectivity index (χ2v) is 11.7. The van der Waals surface area contributed by atoms with E-state index in [9.17, 15) is 9.00 Å². The number of aryl methyl sites for hydroxylation is 2. The second kappa shape index (κ2) is 11.7. The third-order valence-electron chi connectivity index (χ3n) is 6.42. The fourth-order valence-electron chi connectivity index (χ4n) is 4.49. The molecule has 0 fully saturated rings. The molecule has 0 spiro atoms. The van der Waals surface area contributed by atoms with Gasteiger partial charge in [0.05, 0.1) is 15.7 Å². The molecule has 1 aliphatic heterocycles. The topological polar surface area (TPSA) is 67.4 Å². The fraction of sp³-hybridized carbons (Fsp3) is 0.290. The Morgan fingerprint density at radius 1 is 1.05 bits per heavy atom. The number of hydrogen-bond acceptors (Lipinski definition) is 3. The van der Waals surface area contributed by atoms with Gasteiger partial charge in [0.15, 0.2) is 0 Å². The first kappa shape index (κ1) is 28.0. The molecule has 37 heavy (non-hydrogen) atoms. The lowest BCUT2D eigenvalue weighted by atomic mass is 9.89. The van der Waals surface area contributed by atoms with Gasteiger partial charge >= 0.3 is 0 Å². The van der Waals surface area contributed by atoms with E-state index in [1.54, 1.807) is 6.07 Å². The molecule has 0 radical (unpaired) electrons. The van der Waals surface area contributed by atoms with Crippen LogP contribution in [0.25, 0.3) is 0 Å². The lowest BCUT2D eigenvalue weighted by Crippen LogP contribution is -2.41. The van der Waals surface area contributed by atoms with Crippen LogP contribution in [-0.2, 0) is 22.5 Å². The number of terminal acetylenes is 1. The highest BCUT2D eigenvalue weighted by molar-refractivity contribution is 7.98. The molecule has 1 amide bonds. The molecular weight excluding hydrogens is 480 g/mol. The van der Waals surface area contributed by atoms with E-state index < -0.39 is 15.3 Å². The highest BCUT2D eigenvalue weighted by Crippen LogP contribution is 2.40. The van der Waals surface area contributed by atoms with Gasteiger partial charge < -0.3 is 10.1 Å². The average molecular weight is 517 g/mol. The van der Waals surface area contributed by atoms with Crippen LogP contribution < -0.4 is 14.8 Å². The van der Waals surface area contributed by atoms with Crippen LogP contribution in [0.15, 0.2) is 71.6 Å². The molecule has 0 aromatic heterocycles. The molecule has 0 bridgehead atoms. The Morgan fingerprint density at radius 2 is 1.73 bits per heavy atom. The summed E-state index contributed by atoms with van der Waals surface area (Å²) in [5.74, 6) is 4.53. The molecule has 3 aromatic carbocycles. The van der Waals surface area contributed by atoms with Crippen molar-refractivity contribution in [3.63, 3.8) is 0 Å². The van der Waals surface area contributed by atoms with E-state index in [1.165, 1.54) is 5.56 Å². The van der Waals surface area contributed by atoms with Crippen LogP contribution in [0.1, 0.15) is 67.2 Å². The van der Waals surface area contributed by atoms with Gasteiger partial charge in [-0.05, 0) is 80.1 Å². The maximum atomic E-state index is 13.7. The summed E-state index contributed by atoms with van der Waals surface area (Å²) in [6, 6.07) is 20.7. The maximum Gasteiger partial charge on any atom is 0.255 e. The van der Waals surface area contributed by atoms with Crippen molar-refractivity contribution in [3.05, 3.63) is 89.0 Å². The molecule has 0 saturated carbocycles. The van der Waals surface area contributed by atoms with Crippen molar-refractivity contribution in [3.8, 4) is 18.6 Å². The number of carbonyl (C=O) groups excluding carboxylic acids is 1. The summed E-state index contributed by atoms with van der Waals surface area (Å²) in [4.78, 5) is 13.8. The summed E-state index contributed by atoms with van der Waals surface area (Å²) in [5, 5.41) is 3.03. The molecule has 0 aliphatic carbocycles. The van der Waals surface area contributed by atoms with Gasteiger partial charge in [-0.2, -0.15) is 0 Å². The Labute approximate surface area is 221 Å². The smallest absolute Gasteiger partial charge is 0.255 e. The highest BCUT2D eigenvalue weighted by Gasteiger charge is 2.35. The molecule has 4 rings (SSSR count). The number of para-hydroxylation sites is 1. The van der Waals surface area contributed by atoms with E-state index in [0.717, 1.165) is 29.7 Å². The predicted molar refractivity (Wildman–Crippen MR) is 155 cm³/mol. The molecule has 1 heterocycles. The first-order valence-electron chi connectivity index (χ1n) is 12.4. The van der Waals surface area contributed by atoms with E-state index >= 15 is 0 Å². The Morgan fingerprint density at radius 3 is 2.38 bits per heavy atom. The quantitative estimate of drug-likeness (QED) is 0.290. The first-order chi connectivity index (χ1) is 17.6. The molecule has 1 unspecified atom stereocenters. The van der Waals surface area contributed by atoms with E-state index in [-0.39, 0.29) is 11.9 Å². The van der Waals surface area contributed by atoms with E-state index in [0.29, 0.717) is 22.6 Å². The van der Waals surface area contributed by atoms with Gasteiger partial charge in [0, 0.05) is 28.1 Å². The van der Waals surface area contributed by atoms with Crippen LogP contribution >= 0.6 is 0 Å². The van der Waals surface area contributed by atoms with E-state index in [4.69, 9.17) is 4.74 Å². The van der Waals surface area contributed by atoms with Gasteiger partial charge in [-0.15, -0.1) is 12.8 Å². The van der Waals surface area contributed by atoms with Crippen LogP contribution in [0.5, 0.6) is 5.75 Å². The minimum absolute atomic E-state index is 0.192. The van der Waals surface area contributed by atoms with Crippen molar-refractivity contribution in [2.45, 2.75) is 63.5 Å². The van der Waals surface area contributed by atoms with Crippen LogP contribution in [0.3, 0.4) is 0 Å². The molecule has 0 saturated heterocycles. The summed E-state index contributed by atoms with van der Waals surface area (Å²) in [6.45, 7) is 8.16. The number of nitrogens with one attached hydrogen (secondary N) is 2. The van der Waals surface area contributed by atoms with Crippen molar-refractivity contribution < 1.29 is 13.7 Å². The van der Waals surface area contributed by atoms with Gasteiger partial charge in [0.1, 0.15) is 11.4 Å². The van der Waals surface area contributed by atoms with Crippen molar-refractivity contribution in [2.24, 2.45) is 0 Å². The predicted octanol–water partition coefficient (Wildman–Crippen LogP) is 6.20.